The summed E-state index contributed by atoms with van der Waals surface area (Å²) in [4.78, 5) is 26.9. The number of carbonyl (C=O) groups is 2. The van der Waals surface area contributed by atoms with Gasteiger partial charge in [0.25, 0.3) is 0 Å². The summed E-state index contributed by atoms with van der Waals surface area (Å²) < 4.78 is 5.50. The van der Waals surface area contributed by atoms with Gasteiger partial charge in [-0.1, -0.05) is 81.4 Å². The predicted molar refractivity (Wildman–Crippen MR) is 97.6 cm³/mol. The van der Waals surface area contributed by atoms with Gasteiger partial charge in [0, 0.05) is 12.5 Å². The lowest BCUT2D eigenvalue weighted by atomic mass is 9.93. The number of hydrogen-bond donors (Lipinski definition) is 0. The van der Waals surface area contributed by atoms with Crippen LogP contribution in [0.3, 0.4) is 0 Å². The maximum Gasteiger partial charge on any atom is 0.333 e. The van der Waals surface area contributed by atoms with Crippen molar-refractivity contribution in [2.24, 2.45) is 5.41 Å². The van der Waals surface area contributed by atoms with E-state index in [1.54, 1.807) is 7.05 Å². The zero-order valence-electron chi connectivity index (χ0n) is 15.2. The Balaban J connectivity index is 2.22. The second-order valence-electron chi connectivity index (χ2n) is 7.07. The van der Waals surface area contributed by atoms with Gasteiger partial charge in [0.2, 0.25) is 5.91 Å². The molecule has 0 spiro atoms. The fourth-order valence-corrected chi connectivity index (χ4v) is 2.61. The lowest BCUT2D eigenvalue weighted by molar-refractivity contribution is -0.158. The number of ether oxygens (including phenoxy) is 1. The molecule has 0 aliphatic heterocycles. The summed E-state index contributed by atoms with van der Waals surface area (Å²) in [6, 6.07) is 18.0. The maximum atomic E-state index is 12.8. The highest BCUT2D eigenvalue weighted by Crippen LogP contribution is 2.27. The van der Waals surface area contributed by atoms with Crippen LogP contribution in [0.1, 0.15) is 37.9 Å². The smallest absolute Gasteiger partial charge is 0.333 e. The Hall–Kier alpha value is -2.62. The van der Waals surface area contributed by atoms with Gasteiger partial charge in [-0.3, -0.25) is 4.79 Å². The molecule has 1 unspecified atom stereocenters. The molecule has 0 aliphatic rings. The summed E-state index contributed by atoms with van der Waals surface area (Å²) in [5.41, 5.74) is 1.06. The Bertz CT molecular complexity index is 705. The second-order valence-corrected chi connectivity index (χ2v) is 7.07. The molecule has 4 heteroatoms. The highest BCUT2D eigenvalue weighted by Gasteiger charge is 2.35. The monoisotopic (exact) mass is 339 g/mol. The lowest BCUT2D eigenvalue weighted by Crippen LogP contribution is -2.42. The molecule has 1 amide bonds. The van der Waals surface area contributed by atoms with Gasteiger partial charge in [-0.05, 0) is 11.1 Å². The second kappa shape index (κ2) is 7.97. The molecule has 0 saturated carbocycles. The standard InChI is InChI=1S/C21H25NO3/c1-21(2,3)20(24)22(4)18(17-13-9-6-10-14-17)19(23)25-15-16-11-7-5-8-12-16/h5-14,18H,15H2,1-4H3. The SMILES string of the molecule is CN(C(=O)C(C)(C)C)C(C(=O)OCc1ccccc1)c1ccccc1. The van der Waals surface area contributed by atoms with Crippen molar-refractivity contribution in [1.82, 2.24) is 4.90 Å². The first kappa shape index (κ1) is 18.7. The molecule has 0 saturated heterocycles. The lowest BCUT2D eigenvalue weighted by Gasteiger charge is -2.32. The number of carbonyl (C=O) groups excluding carboxylic acids is 2. The third kappa shape index (κ3) is 4.92. The van der Waals surface area contributed by atoms with Crippen molar-refractivity contribution in [1.29, 1.82) is 0 Å². The van der Waals surface area contributed by atoms with Gasteiger partial charge in [-0.25, -0.2) is 4.79 Å². The van der Waals surface area contributed by atoms with E-state index >= 15 is 0 Å². The summed E-state index contributed by atoms with van der Waals surface area (Å²) in [5, 5.41) is 0. The van der Waals surface area contributed by atoms with Crippen LogP contribution in [-0.2, 0) is 20.9 Å². The Labute approximate surface area is 149 Å². The van der Waals surface area contributed by atoms with E-state index in [1.807, 2.05) is 81.4 Å². The summed E-state index contributed by atoms with van der Waals surface area (Å²) in [6.45, 7) is 5.69. The molecule has 0 fully saturated rings. The van der Waals surface area contributed by atoms with Gasteiger partial charge in [-0.15, -0.1) is 0 Å². The average Bonchev–Trinajstić information content (AvgIpc) is 2.60. The number of benzene rings is 2. The molecule has 0 N–H and O–H groups in total. The number of rotatable bonds is 5. The first-order chi connectivity index (χ1) is 11.8. The highest BCUT2D eigenvalue weighted by atomic mass is 16.5. The molecular formula is C21H25NO3. The summed E-state index contributed by atoms with van der Waals surface area (Å²) in [6.07, 6.45) is 0. The minimum Gasteiger partial charge on any atom is -0.459 e. The summed E-state index contributed by atoms with van der Waals surface area (Å²) in [5.74, 6) is -0.548. The van der Waals surface area contributed by atoms with Crippen LogP contribution in [-0.4, -0.2) is 23.8 Å². The topological polar surface area (TPSA) is 46.6 Å². The molecule has 0 heterocycles. The van der Waals surface area contributed by atoms with Crippen molar-refractivity contribution in [3.8, 4) is 0 Å². The molecule has 2 rings (SSSR count). The van der Waals surface area contributed by atoms with Crippen molar-refractivity contribution in [2.75, 3.05) is 7.05 Å². The van der Waals surface area contributed by atoms with Gasteiger partial charge >= 0.3 is 5.97 Å². The summed E-state index contributed by atoms with van der Waals surface area (Å²) in [7, 11) is 1.65. The van der Waals surface area contributed by atoms with E-state index in [2.05, 4.69) is 0 Å². The third-order valence-corrected chi connectivity index (χ3v) is 3.91. The van der Waals surface area contributed by atoms with E-state index in [0.717, 1.165) is 11.1 Å². The van der Waals surface area contributed by atoms with Crippen LogP contribution in [0.2, 0.25) is 0 Å². The number of likely N-dealkylation sites (N-methyl/N-ethyl adjacent to an activating group) is 1. The average molecular weight is 339 g/mol. The van der Waals surface area contributed by atoms with E-state index in [0.29, 0.717) is 0 Å². The molecule has 1 atom stereocenters. The van der Waals surface area contributed by atoms with Crippen LogP contribution in [0, 0.1) is 5.41 Å². The molecule has 2 aromatic carbocycles. The zero-order chi connectivity index (χ0) is 18.4. The number of hydrogen-bond acceptors (Lipinski definition) is 3. The minimum atomic E-state index is -0.767. The Morgan fingerprint density at radius 2 is 1.48 bits per heavy atom. The van der Waals surface area contributed by atoms with Gasteiger partial charge in [0.1, 0.15) is 6.61 Å². The molecule has 4 nitrogen and oxygen atoms in total. The van der Waals surface area contributed by atoms with Crippen LogP contribution in [0.15, 0.2) is 60.7 Å². The van der Waals surface area contributed by atoms with Crippen molar-refractivity contribution < 1.29 is 14.3 Å². The van der Waals surface area contributed by atoms with Crippen molar-refractivity contribution in [3.05, 3.63) is 71.8 Å². The maximum absolute atomic E-state index is 12.8. The van der Waals surface area contributed by atoms with E-state index in [-0.39, 0.29) is 12.5 Å². The molecule has 0 aromatic heterocycles. The Morgan fingerprint density at radius 1 is 0.960 bits per heavy atom. The van der Waals surface area contributed by atoms with Crippen LogP contribution >= 0.6 is 0 Å². The van der Waals surface area contributed by atoms with E-state index in [9.17, 15) is 9.59 Å². The van der Waals surface area contributed by atoms with Crippen LogP contribution in [0.25, 0.3) is 0 Å². The van der Waals surface area contributed by atoms with E-state index in [1.165, 1.54) is 4.90 Å². The first-order valence-electron chi connectivity index (χ1n) is 8.33. The minimum absolute atomic E-state index is 0.113. The van der Waals surface area contributed by atoms with Crippen molar-refractivity contribution in [3.63, 3.8) is 0 Å². The number of esters is 1. The Morgan fingerprint density at radius 3 is 2.00 bits per heavy atom. The number of amides is 1. The largest absolute Gasteiger partial charge is 0.459 e. The fraction of sp³-hybridized carbons (Fsp3) is 0.333. The van der Waals surface area contributed by atoms with E-state index < -0.39 is 17.4 Å². The van der Waals surface area contributed by atoms with Crippen molar-refractivity contribution in [2.45, 2.75) is 33.4 Å². The summed E-state index contributed by atoms with van der Waals surface area (Å²) >= 11 is 0. The normalized spacial score (nSPS) is 12.3. The molecule has 0 radical (unpaired) electrons. The van der Waals surface area contributed by atoms with Crippen LogP contribution < -0.4 is 0 Å². The molecule has 132 valence electrons. The molecule has 0 bridgehead atoms. The number of nitrogens with zero attached hydrogens (tertiary/aromatic N) is 1. The molecule has 2 aromatic rings. The first-order valence-corrected chi connectivity index (χ1v) is 8.33. The highest BCUT2D eigenvalue weighted by molar-refractivity contribution is 5.88. The third-order valence-electron chi connectivity index (χ3n) is 3.91. The fourth-order valence-electron chi connectivity index (χ4n) is 2.61. The quantitative estimate of drug-likeness (QED) is 0.774. The van der Waals surface area contributed by atoms with Gasteiger partial charge in [0.05, 0.1) is 0 Å². The van der Waals surface area contributed by atoms with Crippen LogP contribution in [0.5, 0.6) is 0 Å². The van der Waals surface area contributed by atoms with Gasteiger partial charge in [-0.2, -0.15) is 0 Å². The van der Waals surface area contributed by atoms with E-state index in [4.69, 9.17) is 4.74 Å². The van der Waals surface area contributed by atoms with Gasteiger partial charge in [0.15, 0.2) is 6.04 Å². The molecule has 25 heavy (non-hydrogen) atoms. The molecule has 0 aliphatic carbocycles. The zero-order valence-corrected chi connectivity index (χ0v) is 15.2. The predicted octanol–water partition coefficient (Wildman–Crippen LogP) is 3.98. The Kier molecular flexibility index (Phi) is 5.97. The van der Waals surface area contributed by atoms with Crippen molar-refractivity contribution >= 4 is 11.9 Å². The van der Waals surface area contributed by atoms with Crippen LogP contribution in [0.4, 0.5) is 0 Å². The van der Waals surface area contributed by atoms with Gasteiger partial charge < -0.3 is 9.64 Å². The molecular weight excluding hydrogens is 314 g/mol.